The maximum Gasteiger partial charge on any atom is 0.338 e. The minimum atomic E-state index is -3.23. The molecule has 1 N–H and O–H groups in total. The Bertz CT molecular complexity index is 421. The van der Waals surface area contributed by atoms with Crippen LogP contribution in [0, 0.1) is 0 Å². The number of aliphatic hydroxyl groups is 1. The molecular formula is C11H21NO5S2. The number of hydrogen-bond acceptors (Lipinski definition) is 7. The van der Waals surface area contributed by atoms with Crippen LogP contribution in [0.15, 0.2) is 0 Å². The highest BCUT2D eigenvalue weighted by molar-refractivity contribution is 8.01. The average Bonchev–Trinajstić information content (AvgIpc) is 2.37. The number of carbonyl (C=O) groups excluding carboxylic acids is 1. The zero-order valence-electron chi connectivity index (χ0n) is 11.5. The molecule has 2 atom stereocenters. The van der Waals surface area contributed by atoms with Crippen molar-refractivity contribution >= 4 is 27.6 Å². The highest BCUT2D eigenvalue weighted by Gasteiger charge is 2.40. The monoisotopic (exact) mass is 311 g/mol. The summed E-state index contributed by atoms with van der Waals surface area (Å²) in [4.78, 5) is 13.1. The summed E-state index contributed by atoms with van der Waals surface area (Å²) in [5.74, 6) is 0.550. The third-order valence-corrected chi connectivity index (χ3v) is 6.48. The van der Waals surface area contributed by atoms with E-state index in [2.05, 4.69) is 4.74 Å². The van der Waals surface area contributed by atoms with Gasteiger partial charge in [0.15, 0.2) is 15.4 Å². The number of carbonyl (C=O) groups is 1. The predicted octanol–water partition coefficient (Wildman–Crippen LogP) is -0.280. The Morgan fingerprint density at radius 3 is 2.74 bits per heavy atom. The van der Waals surface area contributed by atoms with Crippen LogP contribution < -0.4 is 0 Å². The SMILES string of the molecule is CCS(=O)(=O)C1CSCCN1CC(C)(O)C(=O)OC. The maximum atomic E-state index is 12.0. The minimum absolute atomic E-state index is 0.0376. The van der Waals surface area contributed by atoms with Gasteiger partial charge in [0.05, 0.1) is 7.11 Å². The van der Waals surface area contributed by atoms with E-state index in [-0.39, 0.29) is 12.3 Å². The number of β-amino-alcohol motifs (C(OH)–C–C–N with tert-alkyl or cyclic N) is 1. The van der Waals surface area contributed by atoms with Gasteiger partial charge in [-0.3, -0.25) is 4.90 Å². The standard InChI is InChI=1S/C11H21NO5S2/c1-4-19(15,16)9-7-18-6-5-12(9)8-11(2,14)10(13)17-3/h9,14H,4-8H2,1-3H3. The van der Waals surface area contributed by atoms with E-state index >= 15 is 0 Å². The Labute approximate surface area is 118 Å². The fraction of sp³-hybridized carbons (Fsp3) is 0.909. The number of thioether (sulfide) groups is 1. The Morgan fingerprint density at radius 1 is 1.58 bits per heavy atom. The highest BCUT2D eigenvalue weighted by atomic mass is 32.2. The minimum Gasteiger partial charge on any atom is -0.467 e. The molecule has 0 aromatic rings. The van der Waals surface area contributed by atoms with Gasteiger partial charge in [-0.15, -0.1) is 0 Å². The van der Waals surface area contributed by atoms with E-state index in [1.165, 1.54) is 14.0 Å². The van der Waals surface area contributed by atoms with Gasteiger partial charge in [0.1, 0.15) is 5.37 Å². The number of ether oxygens (including phenoxy) is 1. The zero-order valence-corrected chi connectivity index (χ0v) is 13.1. The quantitative estimate of drug-likeness (QED) is 0.699. The third kappa shape index (κ3) is 4.08. The summed E-state index contributed by atoms with van der Waals surface area (Å²) in [5, 5.41) is 9.43. The van der Waals surface area contributed by atoms with Crippen LogP contribution in [-0.2, 0) is 19.4 Å². The average molecular weight is 311 g/mol. The van der Waals surface area contributed by atoms with Crippen molar-refractivity contribution in [1.29, 1.82) is 0 Å². The summed E-state index contributed by atoms with van der Waals surface area (Å²) >= 11 is 1.57. The van der Waals surface area contributed by atoms with Crippen LogP contribution in [0.2, 0.25) is 0 Å². The Hall–Kier alpha value is -0.310. The summed E-state index contributed by atoms with van der Waals surface area (Å²) in [7, 11) is -2.04. The molecule has 0 spiro atoms. The lowest BCUT2D eigenvalue weighted by molar-refractivity contribution is -0.162. The first-order valence-electron chi connectivity index (χ1n) is 6.08. The van der Waals surface area contributed by atoms with Crippen molar-refractivity contribution < 1.29 is 23.1 Å². The first-order valence-corrected chi connectivity index (χ1v) is 8.95. The summed E-state index contributed by atoms with van der Waals surface area (Å²) in [5.41, 5.74) is -1.70. The number of sulfone groups is 1. The summed E-state index contributed by atoms with van der Waals surface area (Å²) in [6.07, 6.45) is 0. The molecule has 0 amide bonds. The van der Waals surface area contributed by atoms with Crippen molar-refractivity contribution in [1.82, 2.24) is 4.90 Å². The van der Waals surface area contributed by atoms with Gasteiger partial charge in [-0.05, 0) is 6.92 Å². The molecule has 0 aromatic carbocycles. The van der Waals surface area contributed by atoms with Gasteiger partial charge < -0.3 is 9.84 Å². The fourth-order valence-electron chi connectivity index (χ4n) is 2.00. The lowest BCUT2D eigenvalue weighted by Gasteiger charge is -2.37. The molecule has 2 unspecified atom stereocenters. The van der Waals surface area contributed by atoms with E-state index < -0.39 is 26.8 Å². The number of hydrogen-bond donors (Lipinski definition) is 1. The molecule has 0 aromatic heterocycles. The first kappa shape index (κ1) is 16.7. The molecule has 1 fully saturated rings. The molecule has 112 valence electrons. The van der Waals surface area contributed by atoms with Gasteiger partial charge in [-0.1, -0.05) is 6.92 Å². The van der Waals surface area contributed by atoms with E-state index in [0.717, 1.165) is 5.75 Å². The number of methoxy groups -OCH3 is 1. The molecular weight excluding hydrogens is 290 g/mol. The Balaban J connectivity index is 2.87. The summed E-state index contributed by atoms with van der Waals surface area (Å²) < 4.78 is 28.6. The predicted molar refractivity (Wildman–Crippen MR) is 74.8 cm³/mol. The van der Waals surface area contributed by atoms with Gasteiger partial charge in [0.2, 0.25) is 0 Å². The van der Waals surface area contributed by atoms with E-state index in [9.17, 15) is 18.3 Å². The van der Waals surface area contributed by atoms with Crippen molar-refractivity contribution in [3.05, 3.63) is 0 Å². The summed E-state index contributed by atoms with van der Waals surface area (Å²) in [6, 6.07) is 0. The van der Waals surface area contributed by atoms with E-state index in [0.29, 0.717) is 12.3 Å². The van der Waals surface area contributed by atoms with E-state index in [1.807, 2.05) is 0 Å². The van der Waals surface area contributed by atoms with Crippen LogP contribution in [0.1, 0.15) is 13.8 Å². The lowest BCUT2D eigenvalue weighted by atomic mass is 10.1. The highest BCUT2D eigenvalue weighted by Crippen LogP contribution is 2.23. The van der Waals surface area contributed by atoms with Crippen molar-refractivity contribution in [2.75, 3.05) is 37.5 Å². The molecule has 1 aliphatic rings. The second-order valence-corrected chi connectivity index (χ2v) is 8.31. The molecule has 1 aliphatic heterocycles. The number of rotatable bonds is 5. The van der Waals surface area contributed by atoms with E-state index in [4.69, 9.17) is 0 Å². The van der Waals surface area contributed by atoms with Gasteiger partial charge in [-0.25, -0.2) is 13.2 Å². The first-order chi connectivity index (χ1) is 8.74. The molecule has 6 nitrogen and oxygen atoms in total. The molecule has 0 bridgehead atoms. The molecule has 1 rings (SSSR count). The zero-order chi connectivity index (χ0) is 14.7. The number of esters is 1. The topological polar surface area (TPSA) is 83.9 Å². The second kappa shape index (κ2) is 6.43. The van der Waals surface area contributed by atoms with Gasteiger partial charge in [0.25, 0.3) is 0 Å². The van der Waals surface area contributed by atoms with Gasteiger partial charge in [-0.2, -0.15) is 11.8 Å². The third-order valence-electron chi connectivity index (χ3n) is 3.14. The molecule has 1 saturated heterocycles. The van der Waals surface area contributed by atoms with Crippen LogP contribution in [0.25, 0.3) is 0 Å². The molecule has 0 aliphatic carbocycles. The smallest absolute Gasteiger partial charge is 0.338 e. The second-order valence-electron chi connectivity index (χ2n) is 4.72. The van der Waals surface area contributed by atoms with Crippen LogP contribution in [0.5, 0.6) is 0 Å². The molecule has 1 heterocycles. The molecule has 0 radical (unpaired) electrons. The van der Waals surface area contributed by atoms with Crippen LogP contribution in [0.4, 0.5) is 0 Å². The van der Waals surface area contributed by atoms with Crippen molar-refractivity contribution in [2.24, 2.45) is 0 Å². The maximum absolute atomic E-state index is 12.0. The van der Waals surface area contributed by atoms with Crippen molar-refractivity contribution in [3.63, 3.8) is 0 Å². The van der Waals surface area contributed by atoms with Gasteiger partial charge >= 0.3 is 5.97 Å². The number of nitrogens with zero attached hydrogens (tertiary/aromatic N) is 1. The van der Waals surface area contributed by atoms with Crippen LogP contribution in [0.3, 0.4) is 0 Å². The Morgan fingerprint density at radius 2 is 2.21 bits per heavy atom. The van der Waals surface area contributed by atoms with Crippen molar-refractivity contribution in [2.45, 2.75) is 24.8 Å². The van der Waals surface area contributed by atoms with Crippen molar-refractivity contribution in [3.8, 4) is 0 Å². The Kier molecular flexibility index (Phi) is 5.66. The fourth-order valence-corrected chi connectivity index (χ4v) is 5.08. The summed E-state index contributed by atoms with van der Waals surface area (Å²) in [6.45, 7) is 3.44. The normalized spacial score (nSPS) is 24.7. The molecule has 19 heavy (non-hydrogen) atoms. The largest absolute Gasteiger partial charge is 0.467 e. The van der Waals surface area contributed by atoms with E-state index in [1.54, 1.807) is 23.6 Å². The van der Waals surface area contributed by atoms with Gasteiger partial charge in [0, 0.05) is 30.3 Å². The van der Waals surface area contributed by atoms with Crippen LogP contribution in [-0.4, -0.2) is 72.8 Å². The molecule has 8 heteroatoms. The lowest BCUT2D eigenvalue weighted by Crippen LogP contribution is -2.55. The molecule has 0 saturated carbocycles. The van der Waals surface area contributed by atoms with Crippen LogP contribution >= 0.6 is 11.8 Å².